The third kappa shape index (κ3) is 7.38. The maximum atomic E-state index is 13.0. The van der Waals surface area contributed by atoms with Crippen LogP contribution in [0.5, 0.6) is 11.5 Å². The largest absolute Gasteiger partial charge is 0.573 e. The Labute approximate surface area is 212 Å². The molecule has 0 aliphatic carbocycles. The van der Waals surface area contributed by atoms with Gasteiger partial charge in [-0.2, -0.15) is 0 Å². The standard InChI is InChI=1S/C28H29F3O6/c1-7-17-9-12-20(23(13-17)36-28(29,30)31)21-14-18-10-11-19(15-22(18)34-25(21)33)35-26(3,4)16-27(5,6)37-24(32)8-2/h8-15H,2,7,16H2,1,3-6H3. The van der Waals surface area contributed by atoms with Crippen LogP contribution in [-0.2, 0) is 16.0 Å². The van der Waals surface area contributed by atoms with Gasteiger partial charge < -0.3 is 18.6 Å². The fraction of sp³-hybridized carbons (Fsp3) is 0.357. The lowest BCUT2D eigenvalue weighted by molar-refractivity contribution is -0.274. The number of ether oxygens (including phenoxy) is 3. The van der Waals surface area contributed by atoms with Gasteiger partial charge in [0.15, 0.2) is 0 Å². The van der Waals surface area contributed by atoms with Gasteiger partial charge in [-0.05, 0) is 63.9 Å². The molecule has 1 heterocycles. The van der Waals surface area contributed by atoms with E-state index in [2.05, 4.69) is 11.3 Å². The molecular formula is C28H29F3O6. The Bertz CT molecular complexity index is 1370. The quantitative estimate of drug-likeness (QED) is 0.173. The first-order chi connectivity index (χ1) is 17.1. The lowest BCUT2D eigenvalue weighted by Crippen LogP contribution is -2.40. The van der Waals surface area contributed by atoms with E-state index >= 15 is 0 Å². The summed E-state index contributed by atoms with van der Waals surface area (Å²) in [5, 5.41) is 0.484. The molecule has 0 aliphatic heterocycles. The van der Waals surface area contributed by atoms with Crippen LogP contribution in [0.3, 0.4) is 0 Å². The number of rotatable bonds is 9. The van der Waals surface area contributed by atoms with E-state index in [1.165, 1.54) is 24.3 Å². The third-order valence-electron chi connectivity index (χ3n) is 5.47. The molecule has 6 nitrogen and oxygen atoms in total. The summed E-state index contributed by atoms with van der Waals surface area (Å²) in [4.78, 5) is 24.4. The van der Waals surface area contributed by atoms with Gasteiger partial charge in [0.2, 0.25) is 0 Å². The number of fused-ring (bicyclic) bond motifs is 1. The third-order valence-corrected chi connectivity index (χ3v) is 5.47. The van der Waals surface area contributed by atoms with Crippen LogP contribution in [0.4, 0.5) is 13.2 Å². The number of hydrogen-bond donors (Lipinski definition) is 0. The molecule has 0 saturated carbocycles. The molecule has 37 heavy (non-hydrogen) atoms. The van der Waals surface area contributed by atoms with Crippen molar-refractivity contribution in [2.45, 2.75) is 65.0 Å². The highest BCUT2D eigenvalue weighted by Crippen LogP contribution is 2.36. The first-order valence-corrected chi connectivity index (χ1v) is 11.6. The van der Waals surface area contributed by atoms with Crippen LogP contribution in [0.25, 0.3) is 22.1 Å². The normalized spacial score (nSPS) is 12.3. The predicted molar refractivity (Wildman–Crippen MR) is 134 cm³/mol. The number of halogens is 3. The minimum atomic E-state index is -4.92. The zero-order chi connectivity index (χ0) is 27.6. The van der Waals surface area contributed by atoms with E-state index in [-0.39, 0.29) is 16.7 Å². The Balaban J connectivity index is 1.93. The molecule has 0 bridgehead atoms. The van der Waals surface area contributed by atoms with Crippen molar-refractivity contribution in [3.05, 3.63) is 71.1 Å². The molecule has 0 unspecified atom stereocenters. The molecule has 9 heteroatoms. The van der Waals surface area contributed by atoms with Gasteiger partial charge in [0, 0.05) is 29.5 Å². The van der Waals surface area contributed by atoms with Gasteiger partial charge >= 0.3 is 18.0 Å². The molecule has 1 aromatic heterocycles. The van der Waals surface area contributed by atoms with Gasteiger partial charge in [-0.3, -0.25) is 0 Å². The summed E-state index contributed by atoms with van der Waals surface area (Å²) in [7, 11) is 0. The van der Waals surface area contributed by atoms with E-state index in [1.807, 2.05) is 13.8 Å². The van der Waals surface area contributed by atoms with Crippen molar-refractivity contribution in [3.63, 3.8) is 0 Å². The molecule has 0 N–H and O–H groups in total. The fourth-order valence-corrected chi connectivity index (χ4v) is 4.29. The number of carbonyl (C=O) groups excluding carboxylic acids is 1. The molecular weight excluding hydrogens is 489 g/mol. The lowest BCUT2D eigenvalue weighted by Gasteiger charge is -2.34. The summed E-state index contributed by atoms with van der Waals surface area (Å²) < 4.78 is 60.2. The Morgan fingerprint density at radius 2 is 1.68 bits per heavy atom. The molecule has 0 amide bonds. The SMILES string of the molecule is C=CC(=O)OC(C)(C)CC(C)(C)Oc1ccc2cc(-c3ccc(CC)cc3OC(F)(F)F)c(=O)oc2c1. The number of benzene rings is 2. The fourth-order valence-electron chi connectivity index (χ4n) is 4.29. The van der Waals surface area contributed by atoms with Crippen molar-refractivity contribution < 1.29 is 36.6 Å². The molecule has 0 fully saturated rings. The maximum Gasteiger partial charge on any atom is 0.573 e. The van der Waals surface area contributed by atoms with Crippen LogP contribution in [0.1, 0.15) is 46.6 Å². The second-order valence-corrected chi connectivity index (χ2v) is 9.80. The van der Waals surface area contributed by atoms with E-state index in [1.54, 1.807) is 39.0 Å². The number of esters is 1. The van der Waals surface area contributed by atoms with Crippen molar-refractivity contribution in [2.75, 3.05) is 0 Å². The minimum Gasteiger partial charge on any atom is -0.488 e. The Kier molecular flexibility index (Phi) is 7.76. The van der Waals surface area contributed by atoms with Crippen LogP contribution in [-0.4, -0.2) is 23.5 Å². The lowest BCUT2D eigenvalue weighted by atomic mass is 9.92. The van der Waals surface area contributed by atoms with Gasteiger partial charge in [-0.15, -0.1) is 13.2 Å². The first-order valence-electron chi connectivity index (χ1n) is 11.6. The molecule has 0 saturated heterocycles. The molecule has 2 aromatic carbocycles. The highest BCUT2D eigenvalue weighted by Gasteiger charge is 2.34. The van der Waals surface area contributed by atoms with Crippen LogP contribution in [0, 0.1) is 0 Å². The molecule has 0 atom stereocenters. The predicted octanol–water partition coefficient (Wildman–Crippen LogP) is 6.98. The van der Waals surface area contributed by atoms with Crippen LogP contribution < -0.4 is 15.1 Å². The van der Waals surface area contributed by atoms with Gasteiger partial charge in [0.25, 0.3) is 0 Å². The number of aryl methyl sites for hydroxylation is 1. The summed E-state index contributed by atoms with van der Waals surface area (Å²) in [5.41, 5.74) is -1.70. The minimum absolute atomic E-state index is 0.0251. The van der Waals surface area contributed by atoms with Crippen LogP contribution in [0.15, 0.2) is 64.3 Å². The van der Waals surface area contributed by atoms with Crippen molar-refractivity contribution in [1.82, 2.24) is 0 Å². The number of alkyl halides is 3. The van der Waals surface area contributed by atoms with Crippen molar-refractivity contribution in [1.29, 1.82) is 0 Å². The van der Waals surface area contributed by atoms with Crippen molar-refractivity contribution in [3.8, 4) is 22.6 Å². The average molecular weight is 519 g/mol. The summed E-state index contributed by atoms with van der Waals surface area (Å²) in [6, 6.07) is 10.6. The van der Waals surface area contributed by atoms with Gasteiger partial charge in [0.1, 0.15) is 28.3 Å². The van der Waals surface area contributed by atoms with Crippen molar-refractivity contribution >= 4 is 16.9 Å². The van der Waals surface area contributed by atoms with Gasteiger partial charge in [-0.25, -0.2) is 9.59 Å². The summed E-state index contributed by atoms with van der Waals surface area (Å²) in [6.45, 7) is 12.3. The highest BCUT2D eigenvalue weighted by molar-refractivity contribution is 5.84. The Morgan fingerprint density at radius 1 is 0.973 bits per heavy atom. The second kappa shape index (κ2) is 10.3. The molecule has 3 rings (SSSR count). The van der Waals surface area contributed by atoms with E-state index in [4.69, 9.17) is 13.9 Å². The van der Waals surface area contributed by atoms with E-state index in [9.17, 15) is 22.8 Å². The van der Waals surface area contributed by atoms with Crippen molar-refractivity contribution in [2.24, 2.45) is 0 Å². The molecule has 198 valence electrons. The molecule has 0 radical (unpaired) electrons. The van der Waals surface area contributed by atoms with E-state index < -0.39 is 34.9 Å². The van der Waals surface area contributed by atoms with E-state index in [0.717, 1.165) is 6.08 Å². The summed E-state index contributed by atoms with van der Waals surface area (Å²) in [5.74, 6) is -0.621. The summed E-state index contributed by atoms with van der Waals surface area (Å²) >= 11 is 0. The van der Waals surface area contributed by atoms with Crippen LogP contribution >= 0.6 is 0 Å². The van der Waals surface area contributed by atoms with Crippen LogP contribution in [0.2, 0.25) is 0 Å². The zero-order valence-electron chi connectivity index (χ0n) is 21.3. The molecule has 0 spiro atoms. The average Bonchev–Trinajstić information content (AvgIpc) is 2.76. The van der Waals surface area contributed by atoms with Gasteiger partial charge in [0.05, 0.1) is 5.56 Å². The van der Waals surface area contributed by atoms with Gasteiger partial charge in [-0.1, -0.05) is 25.6 Å². The number of hydrogen-bond acceptors (Lipinski definition) is 6. The highest BCUT2D eigenvalue weighted by atomic mass is 19.4. The summed E-state index contributed by atoms with van der Waals surface area (Å²) in [6.07, 6.45) is -2.99. The monoisotopic (exact) mass is 518 g/mol. The molecule has 0 aliphatic rings. The Hall–Kier alpha value is -3.75. The first kappa shape index (κ1) is 27.8. The Morgan fingerprint density at radius 3 is 2.30 bits per heavy atom. The topological polar surface area (TPSA) is 75.0 Å². The maximum absolute atomic E-state index is 13.0. The second-order valence-electron chi connectivity index (χ2n) is 9.80. The van der Waals surface area contributed by atoms with E-state index in [0.29, 0.717) is 29.5 Å². The smallest absolute Gasteiger partial charge is 0.488 e. The number of carbonyl (C=O) groups is 1. The zero-order valence-corrected chi connectivity index (χ0v) is 21.3. The molecule has 3 aromatic rings.